The third kappa shape index (κ3) is 9.27. The number of carboxylic acids is 2. The lowest BCUT2D eigenvalue weighted by molar-refractivity contribution is -0.140. The van der Waals surface area contributed by atoms with Crippen molar-refractivity contribution in [2.75, 3.05) is 20.8 Å². The monoisotopic (exact) mass is 741 g/mol. The molecule has 5 N–H and O–H groups in total. The molecule has 54 heavy (non-hydrogen) atoms. The molecule has 286 valence electrons. The number of nitrogens with zero attached hydrogens (tertiary/aromatic N) is 2. The molecule has 2 aromatic carbocycles. The SMILES string of the molecule is COc1nc(OC2CCc3c(-c4cccc5c4CC[C@@H]5Oc4ccc(CCC[C@@H](O)CC(=O)O)c(OC)n4)cccc32)ccc1CNC[C@@H](O)CC(=O)O. The van der Waals surface area contributed by atoms with E-state index < -0.39 is 24.1 Å². The fourth-order valence-corrected chi connectivity index (χ4v) is 7.47. The molecule has 0 aliphatic heterocycles. The van der Waals surface area contributed by atoms with Crippen LogP contribution in [-0.4, -0.2) is 75.3 Å². The highest BCUT2D eigenvalue weighted by Gasteiger charge is 2.31. The van der Waals surface area contributed by atoms with Crippen molar-refractivity contribution in [3.63, 3.8) is 0 Å². The van der Waals surface area contributed by atoms with E-state index in [4.69, 9.17) is 29.2 Å². The van der Waals surface area contributed by atoms with Gasteiger partial charge in [0.2, 0.25) is 23.5 Å². The molecule has 0 radical (unpaired) electrons. The second kappa shape index (κ2) is 17.7. The van der Waals surface area contributed by atoms with Crippen LogP contribution in [0.3, 0.4) is 0 Å². The third-order valence-electron chi connectivity index (χ3n) is 9.96. The summed E-state index contributed by atoms with van der Waals surface area (Å²) in [4.78, 5) is 30.9. The predicted octanol–water partition coefficient (Wildman–Crippen LogP) is 5.38. The van der Waals surface area contributed by atoms with Gasteiger partial charge in [-0.15, -0.1) is 0 Å². The van der Waals surface area contributed by atoms with Crippen LogP contribution < -0.4 is 24.3 Å². The molecule has 1 unspecified atom stereocenters. The second-order valence-electron chi connectivity index (χ2n) is 13.7. The minimum atomic E-state index is -1.06. The number of fused-ring (bicyclic) bond motifs is 2. The van der Waals surface area contributed by atoms with E-state index in [0.717, 1.165) is 47.9 Å². The number of pyridine rings is 2. The van der Waals surface area contributed by atoms with Crippen LogP contribution >= 0.6 is 0 Å². The van der Waals surface area contributed by atoms with Gasteiger partial charge in [-0.05, 0) is 90.5 Å². The van der Waals surface area contributed by atoms with Crippen molar-refractivity contribution in [2.45, 2.75) is 88.7 Å². The van der Waals surface area contributed by atoms with E-state index in [9.17, 15) is 19.8 Å². The Morgan fingerprint density at radius 3 is 1.80 bits per heavy atom. The van der Waals surface area contributed by atoms with Crippen molar-refractivity contribution < 1.29 is 49.0 Å². The molecule has 13 heteroatoms. The van der Waals surface area contributed by atoms with Crippen molar-refractivity contribution in [3.8, 4) is 34.6 Å². The lowest BCUT2D eigenvalue weighted by Crippen LogP contribution is -2.28. The van der Waals surface area contributed by atoms with E-state index in [1.54, 1.807) is 13.2 Å². The molecule has 2 aromatic heterocycles. The molecule has 4 atom stereocenters. The summed E-state index contributed by atoms with van der Waals surface area (Å²) >= 11 is 0. The van der Waals surface area contributed by atoms with Crippen LogP contribution in [0.4, 0.5) is 0 Å². The van der Waals surface area contributed by atoms with Crippen molar-refractivity contribution in [1.29, 1.82) is 0 Å². The number of aliphatic hydroxyl groups excluding tert-OH is 2. The fraction of sp³-hybridized carbons (Fsp3) is 0.415. The molecule has 6 rings (SSSR count). The van der Waals surface area contributed by atoms with Gasteiger partial charge in [0.15, 0.2) is 0 Å². The first kappa shape index (κ1) is 38.5. The summed E-state index contributed by atoms with van der Waals surface area (Å²) in [5, 5.41) is 40.6. The number of ether oxygens (including phenoxy) is 4. The van der Waals surface area contributed by atoms with Gasteiger partial charge in [-0.1, -0.05) is 36.4 Å². The maximum atomic E-state index is 10.8. The quantitative estimate of drug-likeness (QED) is 0.0825. The number of aliphatic hydroxyl groups is 2. The van der Waals surface area contributed by atoms with Gasteiger partial charge in [0.05, 0.1) is 39.3 Å². The number of benzene rings is 2. The van der Waals surface area contributed by atoms with E-state index in [2.05, 4.69) is 51.7 Å². The molecular formula is C41H47N3O10. The lowest BCUT2D eigenvalue weighted by atomic mass is 9.91. The summed E-state index contributed by atoms with van der Waals surface area (Å²) in [6.45, 7) is 0.472. The van der Waals surface area contributed by atoms with E-state index >= 15 is 0 Å². The number of methoxy groups -OCH3 is 2. The number of aliphatic carboxylic acids is 2. The van der Waals surface area contributed by atoms with Crippen LogP contribution in [0.25, 0.3) is 11.1 Å². The largest absolute Gasteiger partial charge is 0.481 e. The lowest BCUT2D eigenvalue weighted by Gasteiger charge is -2.18. The number of rotatable bonds is 19. The van der Waals surface area contributed by atoms with E-state index in [-0.39, 0.29) is 31.6 Å². The molecule has 0 spiro atoms. The van der Waals surface area contributed by atoms with Crippen LogP contribution in [0, 0.1) is 0 Å². The molecule has 0 amide bonds. The van der Waals surface area contributed by atoms with Gasteiger partial charge in [0.1, 0.15) is 12.2 Å². The summed E-state index contributed by atoms with van der Waals surface area (Å²) in [6.07, 6.45) is 2.06. The molecular weight excluding hydrogens is 694 g/mol. The van der Waals surface area contributed by atoms with Gasteiger partial charge in [-0.2, -0.15) is 9.97 Å². The first-order chi connectivity index (χ1) is 26.1. The van der Waals surface area contributed by atoms with E-state index in [0.29, 0.717) is 49.3 Å². The molecule has 0 saturated carbocycles. The Labute approximate surface area is 313 Å². The van der Waals surface area contributed by atoms with Crippen LogP contribution in [0.15, 0.2) is 60.7 Å². The Morgan fingerprint density at radius 2 is 1.26 bits per heavy atom. The second-order valence-corrected chi connectivity index (χ2v) is 13.7. The molecule has 2 heterocycles. The van der Waals surface area contributed by atoms with Crippen LogP contribution in [-0.2, 0) is 35.4 Å². The van der Waals surface area contributed by atoms with Gasteiger partial charge in [0.25, 0.3) is 0 Å². The first-order valence-electron chi connectivity index (χ1n) is 18.3. The Hall–Kier alpha value is -5.24. The van der Waals surface area contributed by atoms with Gasteiger partial charge in [0, 0.05) is 36.3 Å². The number of carbonyl (C=O) groups is 2. The van der Waals surface area contributed by atoms with E-state index in [1.807, 2.05) is 18.2 Å². The number of hydrogen-bond donors (Lipinski definition) is 5. The molecule has 2 aliphatic rings. The van der Waals surface area contributed by atoms with Gasteiger partial charge < -0.3 is 44.7 Å². The number of hydrogen-bond acceptors (Lipinski definition) is 11. The van der Waals surface area contributed by atoms with Gasteiger partial charge >= 0.3 is 11.9 Å². The standard InChI is InChI=1S/C41H47N3O10/c1-51-40-24(6-3-7-26(45)20-38(47)48)12-18-36(43-40)53-34-16-14-30-28(8-4-10-32(30)34)29-9-5-11-33-31(29)15-17-35(33)54-37-19-13-25(41(44-37)52-2)22-42-23-27(46)21-39(49)50/h4-5,8-13,18-19,26-27,34-35,42,45-46H,3,6-7,14-17,20-23H2,1-2H3,(H,47,48)(H,49,50)/t26-,27+,34+,35?/m1/s1. The molecule has 4 aromatic rings. The first-order valence-corrected chi connectivity index (χ1v) is 18.3. The van der Waals surface area contributed by atoms with Crippen molar-refractivity contribution in [1.82, 2.24) is 15.3 Å². The average molecular weight is 742 g/mol. The molecule has 0 fully saturated rings. The summed E-state index contributed by atoms with van der Waals surface area (Å²) in [5.74, 6) is -0.312. The number of nitrogens with one attached hydrogen (secondary N) is 1. The highest BCUT2D eigenvalue weighted by molar-refractivity contribution is 5.75. The van der Waals surface area contributed by atoms with Gasteiger partial charge in [-0.25, -0.2) is 0 Å². The summed E-state index contributed by atoms with van der Waals surface area (Å²) in [5.41, 5.74) is 8.78. The minimum absolute atomic E-state index is 0.127. The Balaban J connectivity index is 1.12. The summed E-state index contributed by atoms with van der Waals surface area (Å²) in [7, 11) is 3.10. The molecule has 2 aliphatic carbocycles. The maximum Gasteiger partial charge on any atom is 0.306 e. The Morgan fingerprint density at radius 1 is 0.741 bits per heavy atom. The van der Waals surface area contributed by atoms with Gasteiger partial charge in [-0.3, -0.25) is 9.59 Å². The molecule has 0 saturated heterocycles. The zero-order valence-corrected chi connectivity index (χ0v) is 30.5. The van der Waals surface area contributed by atoms with Crippen molar-refractivity contribution >= 4 is 11.9 Å². The van der Waals surface area contributed by atoms with Crippen LogP contribution in [0.2, 0.25) is 0 Å². The van der Waals surface area contributed by atoms with Crippen LogP contribution in [0.1, 0.15) is 84.1 Å². The van der Waals surface area contributed by atoms with Crippen molar-refractivity contribution in [3.05, 3.63) is 94.0 Å². The summed E-state index contributed by atoms with van der Waals surface area (Å²) < 4.78 is 24.0. The normalized spacial score (nSPS) is 17.0. The number of aromatic nitrogens is 2. The minimum Gasteiger partial charge on any atom is -0.481 e. The highest BCUT2D eigenvalue weighted by atomic mass is 16.5. The Bertz CT molecular complexity index is 1810. The fourth-order valence-electron chi connectivity index (χ4n) is 7.47. The van der Waals surface area contributed by atoms with E-state index in [1.165, 1.54) is 29.4 Å². The predicted molar refractivity (Wildman–Crippen MR) is 198 cm³/mol. The average Bonchev–Trinajstić information content (AvgIpc) is 3.76. The topological polar surface area (TPSA) is 190 Å². The smallest absolute Gasteiger partial charge is 0.306 e. The Kier molecular flexibility index (Phi) is 12.6. The third-order valence-corrected chi connectivity index (χ3v) is 9.96. The molecule has 0 bridgehead atoms. The zero-order valence-electron chi connectivity index (χ0n) is 30.5. The molecule has 13 nitrogen and oxygen atoms in total. The van der Waals surface area contributed by atoms with Crippen molar-refractivity contribution in [2.24, 2.45) is 0 Å². The number of carboxylic acid groups (broad SMARTS) is 2. The highest BCUT2D eigenvalue weighted by Crippen LogP contribution is 2.45. The maximum absolute atomic E-state index is 10.8. The van der Waals surface area contributed by atoms with Crippen LogP contribution in [0.5, 0.6) is 23.5 Å². The summed E-state index contributed by atoms with van der Waals surface area (Å²) in [6, 6.07) is 20.1. The zero-order chi connectivity index (χ0) is 38.2. The number of aryl methyl sites for hydroxylation is 1.